The summed E-state index contributed by atoms with van der Waals surface area (Å²) >= 11 is 0. The molecule has 0 radical (unpaired) electrons. The third kappa shape index (κ3) is 4.37. The van der Waals surface area contributed by atoms with E-state index in [-0.39, 0.29) is 24.7 Å². The number of nitrogens with one attached hydrogen (secondary N) is 1. The quantitative estimate of drug-likeness (QED) is 0.538. The van der Waals surface area contributed by atoms with Gasteiger partial charge in [-0.25, -0.2) is 9.37 Å². The Hall–Kier alpha value is -3.81. The van der Waals surface area contributed by atoms with Gasteiger partial charge in [-0.15, -0.1) is 10.2 Å². The second-order valence-corrected chi connectivity index (χ2v) is 6.35. The van der Waals surface area contributed by atoms with Crippen molar-refractivity contribution in [2.45, 2.75) is 19.9 Å². The first-order chi connectivity index (χ1) is 14.1. The van der Waals surface area contributed by atoms with Crippen LogP contribution in [0.15, 0.2) is 63.4 Å². The Morgan fingerprint density at radius 2 is 1.69 bits per heavy atom. The zero-order valence-electron chi connectivity index (χ0n) is 15.6. The van der Waals surface area contributed by atoms with Crippen molar-refractivity contribution in [3.63, 3.8) is 0 Å². The zero-order valence-corrected chi connectivity index (χ0v) is 15.6. The van der Waals surface area contributed by atoms with Gasteiger partial charge in [0, 0.05) is 11.1 Å². The molecule has 29 heavy (non-hydrogen) atoms. The van der Waals surface area contributed by atoms with Gasteiger partial charge in [0.2, 0.25) is 23.6 Å². The lowest BCUT2D eigenvalue weighted by Crippen LogP contribution is -2.25. The predicted octanol–water partition coefficient (Wildman–Crippen LogP) is 3.70. The lowest BCUT2D eigenvalue weighted by molar-refractivity contribution is -0.120. The summed E-state index contributed by atoms with van der Waals surface area (Å²) in [6.45, 7) is 1.84. The first kappa shape index (κ1) is 18.5. The Morgan fingerprint density at radius 1 is 0.966 bits per heavy atom. The minimum Gasteiger partial charge on any atom is -0.441 e. The molecule has 0 spiro atoms. The van der Waals surface area contributed by atoms with Crippen molar-refractivity contribution < 1.29 is 18.0 Å². The van der Waals surface area contributed by atoms with Crippen LogP contribution in [0.25, 0.3) is 22.9 Å². The highest BCUT2D eigenvalue weighted by Gasteiger charge is 2.16. The lowest BCUT2D eigenvalue weighted by Gasteiger charge is -2.00. The summed E-state index contributed by atoms with van der Waals surface area (Å²) in [6, 6.07) is 15.2. The summed E-state index contributed by atoms with van der Waals surface area (Å²) in [5, 5.41) is 10.7. The van der Waals surface area contributed by atoms with E-state index in [4.69, 9.17) is 8.83 Å². The van der Waals surface area contributed by atoms with E-state index in [1.807, 2.05) is 30.3 Å². The van der Waals surface area contributed by atoms with Crippen molar-refractivity contribution >= 4 is 5.91 Å². The van der Waals surface area contributed by atoms with Gasteiger partial charge in [-0.2, -0.15) is 0 Å². The standard InChI is InChI=1S/C21H17FN4O3/c1-13-17(24-20(28-13)15-7-9-16(22)10-8-15)11-18(27)23-12-19-25-26-21(29-19)14-5-3-2-4-6-14/h2-10H,11-12H2,1H3,(H,23,27). The van der Waals surface area contributed by atoms with Gasteiger partial charge in [0.05, 0.1) is 18.7 Å². The Labute approximate surface area is 165 Å². The molecular weight excluding hydrogens is 375 g/mol. The molecule has 2 aromatic carbocycles. The van der Waals surface area contributed by atoms with Crippen LogP contribution in [0.3, 0.4) is 0 Å². The average Bonchev–Trinajstić information content (AvgIpc) is 3.35. The molecule has 1 amide bonds. The number of carbonyl (C=O) groups excluding carboxylic acids is 1. The maximum absolute atomic E-state index is 13.1. The first-order valence-electron chi connectivity index (χ1n) is 8.95. The van der Waals surface area contributed by atoms with Gasteiger partial charge in [-0.05, 0) is 43.3 Å². The first-order valence-corrected chi connectivity index (χ1v) is 8.95. The maximum Gasteiger partial charge on any atom is 0.247 e. The fraction of sp³-hybridized carbons (Fsp3) is 0.143. The highest BCUT2D eigenvalue weighted by atomic mass is 19.1. The summed E-state index contributed by atoms with van der Waals surface area (Å²) in [6.07, 6.45) is 0.0379. The van der Waals surface area contributed by atoms with Crippen LogP contribution in [0.4, 0.5) is 4.39 Å². The number of hydrogen-bond donors (Lipinski definition) is 1. The minimum atomic E-state index is -0.340. The lowest BCUT2D eigenvalue weighted by atomic mass is 10.2. The van der Waals surface area contributed by atoms with Crippen molar-refractivity contribution in [3.05, 3.63) is 77.8 Å². The van der Waals surface area contributed by atoms with E-state index in [0.29, 0.717) is 34.7 Å². The molecule has 0 unspecified atom stereocenters. The number of hydrogen-bond acceptors (Lipinski definition) is 6. The number of aromatic nitrogens is 3. The van der Waals surface area contributed by atoms with Crippen LogP contribution in [0, 0.1) is 12.7 Å². The smallest absolute Gasteiger partial charge is 0.247 e. The van der Waals surface area contributed by atoms with Crippen LogP contribution in [0.2, 0.25) is 0 Å². The fourth-order valence-electron chi connectivity index (χ4n) is 2.72. The Morgan fingerprint density at radius 3 is 2.45 bits per heavy atom. The summed E-state index contributed by atoms with van der Waals surface area (Å²) < 4.78 is 24.2. The topological polar surface area (TPSA) is 94.1 Å². The Kier molecular flexibility index (Phi) is 5.15. The highest BCUT2D eigenvalue weighted by Crippen LogP contribution is 2.22. The molecule has 0 aliphatic heterocycles. The average molecular weight is 392 g/mol. The van der Waals surface area contributed by atoms with Crippen LogP contribution in [0.5, 0.6) is 0 Å². The predicted molar refractivity (Wildman–Crippen MR) is 102 cm³/mol. The van der Waals surface area contributed by atoms with E-state index in [2.05, 4.69) is 20.5 Å². The summed E-state index contributed by atoms with van der Waals surface area (Å²) in [5.41, 5.74) is 1.96. The number of nitrogens with zero attached hydrogens (tertiary/aromatic N) is 3. The highest BCUT2D eigenvalue weighted by molar-refractivity contribution is 5.78. The van der Waals surface area contributed by atoms with Crippen molar-refractivity contribution in [1.82, 2.24) is 20.5 Å². The van der Waals surface area contributed by atoms with E-state index in [0.717, 1.165) is 5.56 Å². The van der Waals surface area contributed by atoms with Crippen LogP contribution in [0.1, 0.15) is 17.3 Å². The number of halogens is 1. The maximum atomic E-state index is 13.1. The molecule has 0 aliphatic carbocycles. The molecule has 2 heterocycles. The molecule has 1 N–H and O–H groups in total. The molecule has 0 fully saturated rings. The molecule has 0 saturated heterocycles. The van der Waals surface area contributed by atoms with Crippen molar-refractivity contribution in [1.29, 1.82) is 0 Å². The summed E-state index contributed by atoms with van der Waals surface area (Å²) in [7, 11) is 0. The van der Waals surface area contributed by atoms with E-state index < -0.39 is 0 Å². The van der Waals surface area contributed by atoms with Gasteiger partial charge in [-0.3, -0.25) is 4.79 Å². The third-order valence-corrected chi connectivity index (χ3v) is 4.24. The van der Waals surface area contributed by atoms with E-state index in [1.54, 1.807) is 19.1 Å². The number of oxazole rings is 1. The molecule has 0 bridgehead atoms. The van der Waals surface area contributed by atoms with Gasteiger partial charge in [0.1, 0.15) is 11.6 Å². The van der Waals surface area contributed by atoms with Gasteiger partial charge < -0.3 is 14.2 Å². The van der Waals surface area contributed by atoms with Gasteiger partial charge in [0.25, 0.3) is 0 Å². The minimum absolute atomic E-state index is 0.0379. The van der Waals surface area contributed by atoms with E-state index >= 15 is 0 Å². The van der Waals surface area contributed by atoms with E-state index in [1.165, 1.54) is 12.1 Å². The number of carbonyl (C=O) groups is 1. The summed E-state index contributed by atoms with van der Waals surface area (Å²) in [4.78, 5) is 16.6. The van der Waals surface area contributed by atoms with Crippen molar-refractivity contribution in [2.75, 3.05) is 0 Å². The Balaban J connectivity index is 1.37. The second kappa shape index (κ2) is 8.05. The number of aryl methyl sites for hydroxylation is 1. The fourth-order valence-corrected chi connectivity index (χ4v) is 2.72. The number of rotatable bonds is 6. The van der Waals surface area contributed by atoms with E-state index in [9.17, 15) is 9.18 Å². The van der Waals surface area contributed by atoms with Gasteiger partial charge in [-0.1, -0.05) is 18.2 Å². The molecule has 2 aromatic heterocycles. The monoisotopic (exact) mass is 392 g/mol. The van der Waals surface area contributed by atoms with Crippen LogP contribution in [-0.2, 0) is 17.8 Å². The van der Waals surface area contributed by atoms with Gasteiger partial charge >= 0.3 is 0 Å². The Bertz CT molecular complexity index is 1120. The third-order valence-electron chi connectivity index (χ3n) is 4.24. The molecule has 4 rings (SSSR count). The molecule has 0 saturated carbocycles. The largest absolute Gasteiger partial charge is 0.441 e. The molecule has 4 aromatic rings. The molecule has 0 aliphatic rings. The normalized spacial score (nSPS) is 10.8. The van der Waals surface area contributed by atoms with Crippen LogP contribution < -0.4 is 5.32 Å². The van der Waals surface area contributed by atoms with Gasteiger partial charge in [0.15, 0.2) is 0 Å². The molecule has 146 valence electrons. The van der Waals surface area contributed by atoms with Crippen molar-refractivity contribution in [3.8, 4) is 22.9 Å². The summed E-state index contributed by atoms with van der Waals surface area (Å²) in [5.74, 6) is 0.977. The molecular formula is C21H17FN4O3. The molecule has 0 atom stereocenters. The molecule has 7 nitrogen and oxygen atoms in total. The molecule has 8 heteroatoms. The zero-order chi connectivity index (χ0) is 20.2. The van der Waals surface area contributed by atoms with Crippen LogP contribution >= 0.6 is 0 Å². The number of benzene rings is 2. The van der Waals surface area contributed by atoms with Crippen LogP contribution in [-0.4, -0.2) is 21.1 Å². The second-order valence-electron chi connectivity index (χ2n) is 6.35. The van der Waals surface area contributed by atoms with Crippen molar-refractivity contribution in [2.24, 2.45) is 0 Å². The SMILES string of the molecule is Cc1oc(-c2ccc(F)cc2)nc1CC(=O)NCc1nnc(-c2ccccc2)o1. The number of amides is 1.